The number of likely N-dealkylation sites (tertiary alicyclic amines) is 1. The number of rotatable bonds is 4. The van der Waals surface area contributed by atoms with Gasteiger partial charge in [-0.05, 0) is 6.42 Å². The number of nitrogens with zero attached hydrogens (tertiary/aromatic N) is 2. The molecule has 0 saturated carbocycles. The second-order valence-electron chi connectivity index (χ2n) is 3.90. The molecular formula is C10H18N2O3. The van der Waals surface area contributed by atoms with Crippen molar-refractivity contribution in [3.05, 3.63) is 0 Å². The normalized spacial score (nSPS) is 20.6. The van der Waals surface area contributed by atoms with Gasteiger partial charge in [0.05, 0.1) is 7.11 Å². The second-order valence-corrected chi connectivity index (χ2v) is 3.90. The molecule has 1 amide bonds. The number of amides is 1. The summed E-state index contributed by atoms with van der Waals surface area (Å²) < 4.78 is 4.66. The lowest BCUT2D eigenvalue weighted by atomic mass is 10.0. The Morgan fingerprint density at radius 3 is 2.53 bits per heavy atom. The zero-order valence-corrected chi connectivity index (χ0v) is 9.52. The number of hydrogen-bond donors (Lipinski definition) is 0. The number of hydrogen-bond acceptors (Lipinski definition) is 4. The van der Waals surface area contributed by atoms with Crippen LogP contribution < -0.4 is 0 Å². The number of ether oxygens (including phenoxy) is 1. The second kappa shape index (κ2) is 5.11. The van der Waals surface area contributed by atoms with Crippen LogP contribution in [0.4, 0.5) is 0 Å². The molecule has 15 heavy (non-hydrogen) atoms. The minimum Gasteiger partial charge on any atom is -0.468 e. The van der Waals surface area contributed by atoms with E-state index in [0.717, 1.165) is 13.0 Å². The molecule has 86 valence electrons. The summed E-state index contributed by atoms with van der Waals surface area (Å²) in [5.41, 5.74) is 0. The van der Waals surface area contributed by atoms with Gasteiger partial charge in [-0.3, -0.25) is 14.5 Å². The Bertz CT molecular complexity index is 253. The van der Waals surface area contributed by atoms with Gasteiger partial charge in [0.25, 0.3) is 0 Å². The monoisotopic (exact) mass is 214 g/mol. The van der Waals surface area contributed by atoms with E-state index in [1.54, 1.807) is 19.0 Å². The predicted molar refractivity (Wildman–Crippen MR) is 55.3 cm³/mol. The van der Waals surface area contributed by atoms with Crippen molar-refractivity contribution in [2.75, 3.05) is 34.3 Å². The van der Waals surface area contributed by atoms with Crippen LogP contribution in [0.15, 0.2) is 0 Å². The first kappa shape index (κ1) is 12.0. The third kappa shape index (κ3) is 2.92. The van der Waals surface area contributed by atoms with Crippen LogP contribution in [0, 0.1) is 0 Å². The minimum absolute atomic E-state index is 0.0884. The molecule has 0 radical (unpaired) electrons. The summed E-state index contributed by atoms with van der Waals surface area (Å²) >= 11 is 0. The highest BCUT2D eigenvalue weighted by atomic mass is 16.5. The molecule has 1 unspecified atom stereocenters. The Hall–Kier alpha value is -1.10. The lowest BCUT2D eigenvalue weighted by molar-refractivity contribution is -0.152. The van der Waals surface area contributed by atoms with E-state index in [1.165, 1.54) is 7.11 Å². The molecule has 0 aliphatic carbocycles. The van der Waals surface area contributed by atoms with E-state index in [0.29, 0.717) is 13.0 Å². The van der Waals surface area contributed by atoms with Crippen LogP contribution in [0.3, 0.4) is 0 Å². The van der Waals surface area contributed by atoms with E-state index in [1.807, 2.05) is 4.90 Å². The quantitative estimate of drug-likeness (QED) is 0.604. The minimum atomic E-state index is -0.196. The highest BCUT2D eigenvalue weighted by molar-refractivity contribution is 5.77. The zero-order chi connectivity index (χ0) is 11.4. The molecule has 5 heteroatoms. The lowest BCUT2D eigenvalue weighted by Crippen LogP contribution is -2.53. The van der Waals surface area contributed by atoms with Gasteiger partial charge >= 0.3 is 5.97 Å². The van der Waals surface area contributed by atoms with Gasteiger partial charge in [-0.2, -0.15) is 0 Å². The van der Waals surface area contributed by atoms with Crippen molar-refractivity contribution >= 4 is 11.9 Å². The molecule has 1 aliphatic rings. The maximum atomic E-state index is 11.3. The molecule has 0 N–H and O–H groups in total. The summed E-state index contributed by atoms with van der Waals surface area (Å²) in [6.07, 6.45) is 1.29. The van der Waals surface area contributed by atoms with E-state index in [4.69, 9.17) is 0 Å². The fraction of sp³-hybridized carbons (Fsp3) is 0.800. The molecule has 1 fully saturated rings. The molecule has 1 rings (SSSR count). The molecule has 0 aromatic heterocycles. The molecule has 1 atom stereocenters. The Morgan fingerprint density at radius 2 is 2.13 bits per heavy atom. The summed E-state index contributed by atoms with van der Waals surface area (Å²) in [6, 6.07) is -0.134. The van der Waals surface area contributed by atoms with Crippen LogP contribution >= 0.6 is 0 Å². The summed E-state index contributed by atoms with van der Waals surface area (Å²) in [7, 11) is 4.86. The topological polar surface area (TPSA) is 49.9 Å². The molecule has 5 nitrogen and oxygen atoms in total. The van der Waals surface area contributed by atoms with Crippen molar-refractivity contribution in [1.29, 1.82) is 0 Å². The molecular weight excluding hydrogens is 196 g/mol. The van der Waals surface area contributed by atoms with E-state index < -0.39 is 0 Å². The zero-order valence-electron chi connectivity index (χ0n) is 9.52. The maximum absolute atomic E-state index is 11.3. The first-order valence-electron chi connectivity index (χ1n) is 5.08. The third-order valence-corrected chi connectivity index (χ3v) is 2.72. The summed E-state index contributed by atoms with van der Waals surface area (Å²) in [5, 5.41) is 0. The first-order chi connectivity index (χ1) is 7.06. The van der Waals surface area contributed by atoms with Gasteiger partial charge in [0, 0.05) is 33.6 Å². The summed E-state index contributed by atoms with van der Waals surface area (Å²) in [4.78, 5) is 26.1. The summed E-state index contributed by atoms with van der Waals surface area (Å²) in [5.74, 6) is -0.107. The Labute approximate surface area is 90.0 Å². The van der Waals surface area contributed by atoms with E-state index in [-0.39, 0.29) is 17.9 Å². The molecule has 1 aliphatic heterocycles. The number of carbonyl (C=O) groups is 2. The van der Waals surface area contributed by atoms with Crippen LogP contribution in [0.25, 0.3) is 0 Å². The molecule has 1 saturated heterocycles. The van der Waals surface area contributed by atoms with Crippen LogP contribution in [0.5, 0.6) is 0 Å². The van der Waals surface area contributed by atoms with Gasteiger partial charge < -0.3 is 9.64 Å². The van der Waals surface area contributed by atoms with Crippen LogP contribution in [0.1, 0.15) is 12.8 Å². The molecule has 0 aromatic carbocycles. The van der Waals surface area contributed by atoms with Crippen LogP contribution in [-0.2, 0) is 14.3 Å². The largest absolute Gasteiger partial charge is 0.468 e. The smallest absolute Gasteiger partial charge is 0.323 e. The summed E-state index contributed by atoms with van der Waals surface area (Å²) in [6.45, 7) is 1.51. The van der Waals surface area contributed by atoms with Crippen molar-refractivity contribution in [1.82, 2.24) is 9.80 Å². The van der Waals surface area contributed by atoms with Crippen molar-refractivity contribution in [3.63, 3.8) is 0 Å². The highest BCUT2D eigenvalue weighted by Crippen LogP contribution is 2.18. The lowest BCUT2D eigenvalue weighted by Gasteiger charge is -2.38. The maximum Gasteiger partial charge on any atom is 0.323 e. The van der Waals surface area contributed by atoms with Gasteiger partial charge in [-0.15, -0.1) is 0 Å². The van der Waals surface area contributed by atoms with Crippen molar-refractivity contribution in [2.45, 2.75) is 18.9 Å². The van der Waals surface area contributed by atoms with Crippen molar-refractivity contribution in [3.8, 4) is 0 Å². The number of esters is 1. The Morgan fingerprint density at radius 1 is 1.47 bits per heavy atom. The van der Waals surface area contributed by atoms with E-state index in [9.17, 15) is 9.59 Å². The van der Waals surface area contributed by atoms with Gasteiger partial charge in [0.15, 0.2) is 0 Å². The standard InChI is InChI=1S/C10H18N2O3/c1-11(2)9(13)5-7-12-6-4-8(12)10(14)15-3/h8H,4-7H2,1-3H3. The van der Waals surface area contributed by atoms with Crippen LogP contribution in [0.2, 0.25) is 0 Å². The molecule has 0 spiro atoms. The Kier molecular flexibility index (Phi) is 4.08. The van der Waals surface area contributed by atoms with E-state index >= 15 is 0 Å². The highest BCUT2D eigenvalue weighted by Gasteiger charge is 2.34. The van der Waals surface area contributed by atoms with Gasteiger partial charge in [0.2, 0.25) is 5.91 Å². The van der Waals surface area contributed by atoms with Crippen molar-refractivity contribution in [2.24, 2.45) is 0 Å². The number of carbonyl (C=O) groups excluding carboxylic acids is 2. The Balaban J connectivity index is 2.28. The third-order valence-electron chi connectivity index (χ3n) is 2.72. The van der Waals surface area contributed by atoms with Crippen molar-refractivity contribution < 1.29 is 14.3 Å². The average molecular weight is 214 g/mol. The fourth-order valence-electron chi connectivity index (χ4n) is 1.57. The van der Waals surface area contributed by atoms with Gasteiger partial charge in [-0.1, -0.05) is 0 Å². The SMILES string of the molecule is COC(=O)C1CCN1CCC(=O)N(C)C. The van der Waals surface area contributed by atoms with Crippen LogP contribution in [-0.4, -0.2) is 62.0 Å². The molecule has 0 aromatic rings. The fourth-order valence-corrected chi connectivity index (χ4v) is 1.57. The first-order valence-corrected chi connectivity index (χ1v) is 5.08. The van der Waals surface area contributed by atoms with E-state index in [2.05, 4.69) is 4.74 Å². The average Bonchev–Trinajstić information content (AvgIpc) is 2.15. The number of methoxy groups -OCH3 is 1. The van der Waals surface area contributed by atoms with Gasteiger partial charge in [0.1, 0.15) is 6.04 Å². The molecule has 1 heterocycles. The molecule has 0 bridgehead atoms. The predicted octanol–water partition coefficient (Wildman–Crippen LogP) is -0.288. The van der Waals surface area contributed by atoms with Gasteiger partial charge in [-0.25, -0.2) is 0 Å².